The Hall–Kier alpha value is -3.78. The fourth-order valence-corrected chi connectivity index (χ4v) is 6.14. The van der Waals surface area contributed by atoms with E-state index in [-0.39, 0.29) is 47.3 Å². The summed E-state index contributed by atoms with van der Waals surface area (Å²) in [5.41, 5.74) is 0.377. The van der Waals surface area contributed by atoms with Crippen LogP contribution in [0.15, 0.2) is 47.5 Å². The van der Waals surface area contributed by atoms with Crippen molar-refractivity contribution >= 4 is 27.4 Å². The number of sulfonamides is 1. The third kappa shape index (κ3) is 4.57. The van der Waals surface area contributed by atoms with Crippen molar-refractivity contribution in [3.63, 3.8) is 0 Å². The number of carbonyl (C=O) groups excluding carboxylic acids is 2. The number of carbonyl (C=O) groups is 2. The van der Waals surface area contributed by atoms with Crippen LogP contribution in [0.3, 0.4) is 0 Å². The molecular formula is C23H20F3N5O5S. The number of anilines is 1. The molecule has 0 unspecified atom stereocenters. The van der Waals surface area contributed by atoms with E-state index < -0.39 is 46.2 Å². The summed E-state index contributed by atoms with van der Waals surface area (Å²) in [4.78, 5) is 26.2. The van der Waals surface area contributed by atoms with Gasteiger partial charge in [-0.05, 0) is 43.2 Å². The molecule has 37 heavy (non-hydrogen) atoms. The summed E-state index contributed by atoms with van der Waals surface area (Å²) in [6, 6.07) is 6.03. The minimum absolute atomic E-state index is 0.0793. The van der Waals surface area contributed by atoms with E-state index in [0.29, 0.717) is 18.9 Å². The van der Waals surface area contributed by atoms with Crippen LogP contribution in [0, 0.1) is 11.6 Å². The highest BCUT2D eigenvalue weighted by Gasteiger charge is 2.40. The van der Waals surface area contributed by atoms with Crippen LogP contribution in [0.5, 0.6) is 5.75 Å². The van der Waals surface area contributed by atoms with Gasteiger partial charge in [-0.15, -0.1) is 5.10 Å². The standard InChI is InChI=1S/C23H20F3N5O5S/c24-13-29-10-15(27-28-29)11-30-20-5-4-17(9-18(20)22(32)23(30)33)37(34,35)31-7-1-2-16(31)12-36-21-6-3-14(25)8-19(21)26/h3-6,8-10,16H,1-2,7,11-13H2/t16-/m0/s1. The normalized spacial score (nSPS) is 18.0. The number of amides is 1. The Balaban J connectivity index is 1.36. The van der Waals surface area contributed by atoms with E-state index in [4.69, 9.17) is 4.74 Å². The van der Waals surface area contributed by atoms with Crippen molar-refractivity contribution < 1.29 is 35.9 Å². The number of ether oxygens (including phenoxy) is 1. The molecule has 3 heterocycles. The summed E-state index contributed by atoms with van der Waals surface area (Å²) in [5, 5.41) is 7.31. The molecule has 1 saturated heterocycles. The highest BCUT2D eigenvalue weighted by Crippen LogP contribution is 2.34. The largest absolute Gasteiger partial charge is 0.489 e. The Morgan fingerprint density at radius 1 is 1.11 bits per heavy atom. The Morgan fingerprint density at radius 3 is 2.65 bits per heavy atom. The molecule has 0 bridgehead atoms. The summed E-state index contributed by atoms with van der Waals surface area (Å²) in [7, 11) is -4.10. The van der Waals surface area contributed by atoms with E-state index in [2.05, 4.69) is 10.3 Å². The molecule has 1 atom stereocenters. The molecule has 0 saturated carbocycles. The van der Waals surface area contributed by atoms with E-state index in [0.717, 1.165) is 27.8 Å². The number of nitrogens with zero attached hydrogens (tertiary/aromatic N) is 5. The van der Waals surface area contributed by atoms with E-state index in [1.165, 1.54) is 22.6 Å². The molecule has 1 aromatic heterocycles. The monoisotopic (exact) mass is 535 g/mol. The number of fused-ring (bicyclic) bond motifs is 1. The highest BCUT2D eigenvalue weighted by atomic mass is 32.2. The van der Waals surface area contributed by atoms with Crippen molar-refractivity contribution in [2.75, 3.05) is 18.1 Å². The van der Waals surface area contributed by atoms with Crippen LogP contribution in [0.25, 0.3) is 0 Å². The van der Waals surface area contributed by atoms with Gasteiger partial charge >= 0.3 is 0 Å². The first-order valence-corrected chi connectivity index (χ1v) is 12.7. The van der Waals surface area contributed by atoms with Crippen LogP contribution in [0.1, 0.15) is 28.9 Å². The average Bonchev–Trinajstić information content (AvgIpc) is 3.59. The molecule has 2 aliphatic rings. The van der Waals surface area contributed by atoms with Crippen molar-refractivity contribution in [1.82, 2.24) is 19.3 Å². The van der Waals surface area contributed by atoms with Gasteiger partial charge in [0.25, 0.3) is 11.7 Å². The molecule has 5 rings (SSSR count). The van der Waals surface area contributed by atoms with Gasteiger partial charge in [0.2, 0.25) is 10.0 Å². The number of halogens is 3. The molecule has 0 spiro atoms. The number of benzene rings is 2. The van der Waals surface area contributed by atoms with Crippen molar-refractivity contribution in [1.29, 1.82) is 0 Å². The molecule has 0 radical (unpaired) electrons. The third-order valence-electron chi connectivity index (χ3n) is 6.23. The molecular weight excluding hydrogens is 515 g/mol. The Labute approximate surface area is 209 Å². The first kappa shape index (κ1) is 24.9. The number of hydrogen-bond donors (Lipinski definition) is 0. The summed E-state index contributed by atoms with van der Waals surface area (Å²) in [6.07, 6.45) is 2.29. The maximum absolute atomic E-state index is 13.9. The fourth-order valence-electron chi connectivity index (χ4n) is 4.43. The summed E-state index contributed by atoms with van der Waals surface area (Å²) in [5.74, 6) is -3.60. The third-order valence-corrected chi connectivity index (χ3v) is 8.17. The number of alkyl halides is 1. The number of Topliss-reactive ketones (excluding diaryl/α,β-unsaturated/α-hetero) is 1. The van der Waals surface area contributed by atoms with Gasteiger partial charge in [-0.25, -0.2) is 26.3 Å². The van der Waals surface area contributed by atoms with Crippen LogP contribution in [-0.4, -0.2) is 58.6 Å². The first-order chi connectivity index (χ1) is 17.7. The lowest BCUT2D eigenvalue weighted by Gasteiger charge is -2.24. The van der Waals surface area contributed by atoms with Gasteiger partial charge in [0.15, 0.2) is 18.4 Å². The van der Waals surface area contributed by atoms with Crippen molar-refractivity contribution in [2.24, 2.45) is 0 Å². The molecule has 1 fully saturated rings. The zero-order valence-electron chi connectivity index (χ0n) is 19.2. The van der Waals surface area contributed by atoms with Gasteiger partial charge in [0.05, 0.1) is 34.9 Å². The van der Waals surface area contributed by atoms with E-state index in [1.54, 1.807) is 0 Å². The molecule has 2 aromatic carbocycles. The van der Waals surface area contributed by atoms with Gasteiger partial charge in [-0.1, -0.05) is 5.21 Å². The lowest BCUT2D eigenvalue weighted by atomic mass is 10.1. The molecule has 0 aliphatic carbocycles. The first-order valence-electron chi connectivity index (χ1n) is 11.2. The SMILES string of the molecule is O=C1C(=O)N(Cc2cn(CF)nn2)c2ccc(S(=O)(=O)N3CCC[C@H]3COc3ccc(F)cc3F)cc21. The lowest BCUT2D eigenvalue weighted by Crippen LogP contribution is -2.39. The topological polar surface area (TPSA) is 115 Å². The molecule has 194 valence electrons. The predicted octanol–water partition coefficient (Wildman–Crippen LogP) is 2.44. The molecule has 2 aliphatic heterocycles. The zero-order valence-corrected chi connectivity index (χ0v) is 20.0. The van der Waals surface area contributed by atoms with Crippen LogP contribution in [0.2, 0.25) is 0 Å². The van der Waals surface area contributed by atoms with Gasteiger partial charge < -0.3 is 4.74 Å². The molecule has 10 nitrogen and oxygen atoms in total. The highest BCUT2D eigenvalue weighted by molar-refractivity contribution is 7.89. The predicted molar refractivity (Wildman–Crippen MR) is 122 cm³/mol. The zero-order chi connectivity index (χ0) is 26.3. The number of aromatic nitrogens is 3. The second-order valence-electron chi connectivity index (χ2n) is 8.57. The Morgan fingerprint density at radius 2 is 1.92 bits per heavy atom. The maximum atomic E-state index is 13.9. The number of rotatable bonds is 8. The Bertz CT molecular complexity index is 1500. The summed E-state index contributed by atoms with van der Waals surface area (Å²) < 4.78 is 74.3. The quantitative estimate of drug-likeness (QED) is 0.407. The average molecular weight is 536 g/mol. The number of ketones is 1. The maximum Gasteiger partial charge on any atom is 0.299 e. The summed E-state index contributed by atoms with van der Waals surface area (Å²) in [6.45, 7) is -1.02. The van der Waals surface area contributed by atoms with E-state index >= 15 is 0 Å². The smallest absolute Gasteiger partial charge is 0.299 e. The van der Waals surface area contributed by atoms with Crippen molar-refractivity contribution in [2.45, 2.75) is 37.1 Å². The minimum atomic E-state index is -4.10. The molecule has 3 aromatic rings. The van der Waals surface area contributed by atoms with Crippen molar-refractivity contribution in [3.8, 4) is 5.75 Å². The molecule has 1 amide bonds. The number of hydrogen-bond acceptors (Lipinski definition) is 7. The van der Waals surface area contributed by atoms with E-state index in [9.17, 15) is 31.2 Å². The minimum Gasteiger partial charge on any atom is -0.489 e. The van der Waals surface area contributed by atoms with Crippen LogP contribution < -0.4 is 9.64 Å². The lowest BCUT2D eigenvalue weighted by molar-refractivity contribution is -0.114. The van der Waals surface area contributed by atoms with E-state index in [1.807, 2.05) is 0 Å². The second kappa shape index (κ2) is 9.59. The molecule has 0 N–H and O–H groups in total. The fraction of sp³-hybridized carbons (Fsp3) is 0.304. The molecule has 14 heteroatoms. The van der Waals surface area contributed by atoms with Crippen LogP contribution >= 0.6 is 0 Å². The van der Waals surface area contributed by atoms with Gasteiger partial charge in [0, 0.05) is 12.6 Å². The van der Waals surface area contributed by atoms with Gasteiger partial charge in [-0.2, -0.15) is 4.31 Å². The van der Waals surface area contributed by atoms with Crippen LogP contribution in [-0.2, 0) is 28.2 Å². The van der Waals surface area contributed by atoms with Crippen molar-refractivity contribution in [3.05, 3.63) is 65.5 Å². The Kier molecular flexibility index (Phi) is 6.45. The van der Waals surface area contributed by atoms with Crippen LogP contribution in [0.4, 0.5) is 18.9 Å². The van der Waals surface area contributed by atoms with Gasteiger partial charge in [0.1, 0.15) is 18.1 Å². The van der Waals surface area contributed by atoms with Gasteiger partial charge in [-0.3, -0.25) is 14.5 Å². The summed E-state index contributed by atoms with van der Waals surface area (Å²) >= 11 is 0. The second-order valence-corrected chi connectivity index (χ2v) is 10.5.